The van der Waals surface area contributed by atoms with E-state index in [2.05, 4.69) is 5.32 Å². The Morgan fingerprint density at radius 3 is 2.52 bits per heavy atom. The van der Waals surface area contributed by atoms with Crippen molar-refractivity contribution < 1.29 is 14.0 Å². The Hall–Kier alpha value is -1.98. The van der Waals surface area contributed by atoms with Crippen molar-refractivity contribution in [1.29, 1.82) is 0 Å². The maximum Gasteiger partial charge on any atom is 0.287 e. The number of amides is 2. The van der Waals surface area contributed by atoms with E-state index < -0.39 is 11.9 Å². The fraction of sp³-hybridized carbons (Fsp3) is 0.333. The van der Waals surface area contributed by atoms with E-state index in [0.29, 0.717) is 10.0 Å². The molecule has 0 aliphatic heterocycles. The van der Waals surface area contributed by atoms with Crippen molar-refractivity contribution in [3.8, 4) is 0 Å². The third kappa shape index (κ3) is 4.77. The molecule has 0 spiro atoms. The molecule has 0 radical (unpaired) electrons. The normalized spacial score (nSPS) is 12.1. The summed E-state index contributed by atoms with van der Waals surface area (Å²) >= 11 is 12.2. The average molecular weight is 383 g/mol. The molecule has 1 atom stereocenters. The maximum absolute atomic E-state index is 12.8. The standard InChI is InChI=1S/C18H20Cl2N2O3/c1-11(2)16(21-17(23)14-8-5-9-25-14)18(24)22(3)10-12-6-4-7-13(19)15(12)20/h4-9,11,16H,10H2,1-3H3,(H,21,23). The van der Waals surface area contributed by atoms with Gasteiger partial charge in [0.15, 0.2) is 5.76 Å². The van der Waals surface area contributed by atoms with Crippen LogP contribution in [0.5, 0.6) is 0 Å². The fourth-order valence-corrected chi connectivity index (χ4v) is 2.75. The van der Waals surface area contributed by atoms with Crippen LogP contribution >= 0.6 is 23.2 Å². The van der Waals surface area contributed by atoms with Gasteiger partial charge in [-0.05, 0) is 29.7 Å². The lowest BCUT2D eigenvalue weighted by Gasteiger charge is -2.27. The molecule has 0 aliphatic carbocycles. The third-order valence-electron chi connectivity index (χ3n) is 3.78. The van der Waals surface area contributed by atoms with Gasteiger partial charge in [-0.25, -0.2) is 0 Å². The Kier molecular flexibility index (Phi) is 6.51. The molecule has 2 amide bonds. The van der Waals surface area contributed by atoms with Crippen LogP contribution in [0.2, 0.25) is 10.0 Å². The molecule has 0 aliphatic rings. The van der Waals surface area contributed by atoms with E-state index in [-0.39, 0.29) is 24.1 Å². The number of carbonyl (C=O) groups is 2. The zero-order valence-corrected chi connectivity index (χ0v) is 15.8. The smallest absolute Gasteiger partial charge is 0.287 e. The van der Waals surface area contributed by atoms with E-state index in [4.69, 9.17) is 27.6 Å². The van der Waals surface area contributed by atoms with Crippen LogP contribution < -0.4 is 5.32 Å². The average Bonchev–Trinajstić information content (AvgIpc) is 3.10. The van der Waals surface area contributed by atoms with Gasteiger partial charge in [0.05, 0.1) is 16.3 Å². The first-order valence-corrected chi connectivity index (χ1v) is 8.59. The van der Waals surface area contributed by atoms with Gasteiger partial charge in [-0.1, -0.05) is 49.2 Å². The van der Waals surface area contributed by atoms with E-state index in [1.807, 2.05) is 19.9 Å². The highest BCUT2D eigenvalue weighted by molar-refractivity contribution is 6.42. The highest BCUT2D eigenvalue weighted by Crippen LogP contribution is 2.26. The molecule has 0 saturated heterocycles. The lowest BCUT2D eigenvalue weighted by Crippen LogP contribution is -2.50. The molecule has 0 fully saturated rings. The van der Waals surface area contributed by atoms with Gasteiger partial charge in [0, 0.05) is 13.6 Å². The minimum atomic E-state index is -0.680. The van der Waals surface area contributed by atoms with Gasteiger partial charge in [-0.2, -0.15) is 0 Å². The number of carbonyl (C=O) groups excluding carboxylic acids is 2. The Labute approximate surface area is 156 Å². The lowest BCUT2D eigenvalue weighted by atomic mass is 10.0. The van der Waals surface area contributed by atoms with Gasteiger partial charge >= 0.3 is 0 Å². The number of nitrogens with one attached hydrogen (secondary N) is 1. The van der Waals surface area contributed by atoms with E-state index in [9.17, 15) is 9.59 Å². The molecule has 2 rings (SSSR count). The van der Waals surface area contributed by atoms with Gasteiger partial charge < -0.3 is 14.6 Å². The van der Waals surface area contributed by atoms with Crippen LogP contribution in [0.1, 0.15) is 30.0 Å². The van der Waals surface area contributed by atoms with Crippen LogP contribution in [0.3, 0.4) is 0 Å². The van der Waals surface area contributed by atoms with Crippen molar-refractivity contribution in [2.75, 3.05) is 7.05 Å². The monoisotopic (exact) mass is 382 g/mol. The van der Waals surface area contributed by atoms with Crippen LogP contribution in [0, 0.1) is 5.92 Å². The quantitative estimate of drug-likeness (QED) is 0.820. The van der Waals surface area contributed by atoms with Crippen molar-refractivity contribution in [3.63, 3.8) is 0 Å². The first-order valence-electron chi connectivity index (χ1n) is 7.83. The van der Waals surface area contributed by atoms with Gasteiger partial charge in [-0.15, -0.1) is 0 Å². The molecule has 1 N–H and O–H groups in total. The minimum Gasteiger partial charge on any atom is -0.459 e. The van der Waals surface area contributed by atoms with Crippen LogP contribution in [-0.4, -0.2) is 29.8 Å². The maximum atomic E-state index is 12.8. The van der Waals surface area contributed by atoms with E-state index in [1.54, 1.807) is 31.3 Å². The molecule has 0 saturated carbocycles. The van der Waals surface area contributed by atoms with Crippen molar-refractivity contribution in [2.24, 2.45) is 5.92 Å². The summed E-state index contributed by atoms with van der Waals surface area (Å²) < 4.78 is 5.07. The Bertz CT molecular complexity index is 745. The highest BCUT2D eigenvalue weighted by atomic mass is 35.5. The lowest BCUT2D eigenvalue weighted by molar-refractivity contribution is -0.133. The summed E-state index contributed by atoms with van der Waals surface area (Å²) in [4.78, 5) is 26.5. The summed E-state index contributed by atoms with van der Waals surface area (Å²) in [7, 11) is 1.66. The number of rotatable bonds is 6. The van der Waals surface area contributed by atoms with Gasteiger partial charge in [-0.3, -0.25) is 9.59 Å². The molecular weight excluding hydrogens is 363 g/mol. The molecule has 2 aromatic rings. The van der Waals surface area contributed by atoms with Crippen molar-refractivity contribution >= 4 is 35.0 Å². The molecule has 25 heavy (non-hydrogen) atoms. The number of nitrogens with zero attached hydrogens (tertiary/aromatic N) is 1. The molecule has 7 heteroatoms. The number of hydrogen-bond donors (Lipinski definition) is 1. The van der Waals surface area contributed by atoms with Crippen molar-refractivity contribution in [3.05, 3.63) is 58.0 Å². The Morgan fingerprint density at radius 1 is 1.20 bits per heavy atom. The summed E-state index contributed by atoms with van der Waals surface area (Å²) in [5, 5.41) is 3.59. The topological polar surface area (TPSA) is 62.6 Å². The van der Waals surface area contributed by atoms with Crippen LogP contribution in [-0.2, 0) is 11.3 Å². The molecule has 1 unspecified atom stereocenters. The molecule has 1 aromatic heterocycles. The summed E-state index contributed by atoms with van der Waals surface area (Å²) in [5.41, 5.74) is 0.741. The summed E-state index contributed by atoms with van der Waals surface area (Å²) in [6.45, 7) is 4.02. The fourth-order valence-electron chi connectivity index (χ4n) is 2.38. The van der Waals surface area contributed by atoms with Crippen molar-refractivity contribution in [1.82, 2.24) is 10.2 Å². The minimum absolute atomic E-state index is 0.0938. The van der Waals surface area contributed by atoms with Crippen LogP contribution in [0.25, 0.3) is 0 Å². The molecule has 5 nitrogen and oxygen atoms in total. The van der Waals surface area contributed by atoms with Crippen molar-refractivity contribution in [2.45, 2.75) is 26.4 Å². The number of benzene rings is 1. The van der Waals surface area contributed by atoms with Crippen LogP contribution in [0.15, 0.2) is 41.0 Å². The highest BCUT2D eigenvalue weighted by Gasteiger charge is 2.28. The number of likely N-dealkylation sites (N-methyl/N-ethyl adjacent to an activating group) is 1. The summed E-state index contributed by atoms with van der Waals surface area (Å²) in [5.74, 6) is -0.570. The summed E-state index contributed by atoms with van der Waals surface area (Å²) in [6, 6.07) is 7.77. The third-order valence-corrected chi connectivity index (χ3v) is 4.64. The second-order valence-electron chi connectivity index (χ2n) is 6.08. The van der Waals surface area contributed by atoms with Gasteiger partial charge in [0.1, 0.15) is 6.04 Å². The van der Waals surface area contributed by atoms with Crippen LogP contribution in [0.4, 0.5) is 0 Å². The Morgan fingerprint density at radius 2 is 1.92 bits per heavy atom. The second-order valence-corrected chi connectivity index (χ2v) is 6.86. The summed E-state index contributed by atoms with van der Waals surface area (Å²) in [6.07, 6.45) is 1.41. The van der Waals surface area contributed by atoms with Gasteiger partial charge in [0.25, 0.3) is 5.91 Å². The Balaban J connectivity index is 2.11. The van der Waals surface area contributed by atoms with E-state index in [1.165, 1.54) is 11.2 Å². The SMILES string of the molecule is CC(C)C(NC(=O)c1ccco1)C(=O)N(C)Cc1cccc(Cl)c1Cl. The largest absolute Gasteiger partial charge is 0.459 e. The molecule has 134 valence electrons. The molecule has 0 bridgehead atoms. The zero-order chi connectivity index (χ0) is 18.6. The van der Waals surface area contributed by atoms with Gasteiger partial charge in [0.2, 0.25) is 5.91 Å². The molecule has 1 heterocycles. The molecule has 1 aromatic carbocycles. The number of halogens is 2. The second kappa shape index (κ2) is 8.41. The predicted octanol–water partition coefficient (Wildman–Crippen LogP) is 4.00. The zero-order valence-electron chi connectivity index (χ0n) is 14.3. The predicted molar refractivity (Wildman–Crippen MR) is 97.7 cm³/mol. The van der Waals surface area contributed by atoms with E-state index in [0.717, 1.165) is 5.56 Å². The molecular formula is C18H20Cl2N2O3. The number of hydrogen-bond acceptors (Lipinski definition) is 3. The number of furan rings is 1. The first-order chi connectivity index (χ1) is 11.8. The first kappa shape index (κ1) is 19.3. The van der Waals surface area contributed by atoms with E-state index >= 15 is 0 Å².